The first-order valence-electron chi connectivity index (χ1n) is 8.36. The highest BCUT2D eigenvalue weighted by molar-refractivity contribution is 6.03. The number of hydrogen-bond donors (Lipinski definition) is 2. The predicted molar refractivity (Wildman–Crippen MR) is 100 cm³/mol. The molecule has 0 amide bonds. The maximum atomic E-state index is 10.1. The molecule has 2 aliphatic rings. The lowest BCUT2D eigenvalue weighted by Gasteiger charge is -2.25. The van der Waals surface area contributed by atoms with E-state index in [1.165, 1.54) is 6.08 Å². The second kappa shape index (κ2) is 6.61. The van der Waals surface area contributed by atoms with Gasteiger partial charge in [-0.3, -0.25) is 4.99 Å². The van der Waals surface area contributed by atoms with Gasteiger partial charge in [-0.15, -0.1) is 0 Å². The Morgan fingerprint density at radius 1 is 1.23 bits per heavy atom. The molecule has 0 saturated carbocycles. The molecule has 0 atom stereocenters. The molecule has 0 bridgehead atoms. The number of hydrogen-bond acceptors (Lipinski definition) is 7. The summed E-state index contributed by atoms with van der Waals surface area (Å²) >= 11 is 0. The third-order valence-corrected chi connectivity index (χ3v) is 4.08. The zero-order valence-electron chi connectivity index (χ0n) is 16.3. The van der Waals surface area contributed by atoms with Crippen molar-refractivity contribution >= 4 is 11.6 Å². The van der Waals surface area contributed by atoms with E-state index >= 15 is 0 Å². The molecule has 0 fully saturated rings. The first-order chi connectivity index (χ1) is 11.9. The Balaban J connectivity index is 2.30. The largest absolute Gasteiger partial charge is 0.466 e. The van der Waals surface area contributed by atoms with E-state index in [9.17, 15) is 5.11 Å². The summed E-state index contributed by atoms with van der Waals surface area (Å²) in [5.74, 6) is 0.887. The van der Waals surface area contributed by atoms with E-state index in [1.54, 1.807) is 27.0 Å². The first-order valence-corrected chi connectivity index (χ1v) is 8.36. The Labute approximate surface area is 154 Å². The number of nitriles is 1. The van der Waals surface area contributed by atoms with Crippen molar-refractivity contribution in [3.05, 3.63) is 35.5 Å². The van der Waals surface area contributed by atoms with Crippen LogP contribution in [0.2, 0.25) is 0 Å². The average Bonchev–Trinajstić information content (AvgIpc) is 2.93. The molecule has 0 aromatic rings. The molecule has 0 spiro atoms. The van der Waals surface area contributed by atoms with Crippen LogP contribution in [-0.2, 0) is 9.47 Å². The molecule has 0 aliphatic carbocycles. The molecule has 7 heteroatoms. The van der Waals surface area contributed by atoms with Crippen LogP contribution in [0.1, 0.15) is 41.5 Å². The molecule has 26 heavy (non-hydrogen) atoms. The molecule has 7 nitrogen and oxygen atoms in total. The fraction of sp³-hybridized carbons (Fsp3) is 0.526. The first kappa shape index (κ1) is 19.7. The van der Waals surface area contributed by atoms with Crippen molar-refractivity contribution in [1.29, 1.82) is 5.26 Å². The van der Waals surface area contributed by atoms with Crippen LogP contribution in [0, 0.1) is 11.3 Å². The number of allylic oxidation sites excluding steroid dienone is 1. The summed E-state index contributed by atoms with van der Waals surface area (Å²) in [5.41, 5.74) is -0.608. The Morgan fingerprint density at radius 2 is 1.88 bits per heavy atom. The second-order valence-corrected chi connectivity index (χ2v) is 7.69. The average molecular weight is 358 g/mol. The number of rotatable bonds is 4. The van der Waals surface area contributed by atoms with Gasteiger partial charge in [0.1, 0.15) is 16.8 Å². The predicted octanol–water partition coefficient (Wildman–Crippen LogP) is 2.57. The minimum absolute atomic E-state index is 0.223. The van der Waals surface area contributed by atoms with E-state index in [1.807, 2.05) is 39.8 Å². The Kier molecular flexibility index (Phi) is 5.02. The molecule has 0 saturated heterocycles. The van der Waals surface area contributed by atoms with Crippen molar-refractivity contribution in [2.24, 2.45) is 9.98 Å². The van der Waals surface area contributed by atoms with Gasteiger partial charge in [-0.1, -0.05) is 0 Å². The minimum atomic E-state index is -1.26. The maximum absolute atomic E-state index is 10.1. The van der Waals surface area contributed by atoms with Crippen LogP contribution in [0.5, 0.6) is 0 Å². The van der Waals surface area contributed by atoms with Crippen molar-refractivity contribution in [2.75, 3.05) is 7.05 Å². The SMILES string of the molecule is CN=C1C=C(NC2=CC(=N/C(=C\C#N)C(C)(C)O)OC2(C)C)OC1(C)C. The Bertz CT molecular complexity index is 785. The topological polar surface area (TPSA) is 99.2 Å². The Hall–Kier alpha value is -2.59. The maximum Gasteiger partial charge on any atom is 0.216 e. The smallest absolute Gasteiger partial charge is 0.216 e. The summed E-state index contributed by atoms with van der Waals surface area (Å²) in [7, 11) is 1.73. The summed E-state index contributed by atoms with van der Waals surface area (Å²) in [6.07, 6.45) is 4.79. The zero-order chi connectivity index (χ0) is 19.8. The lowest BCUT2D eigenvalue weighted by Crippen LogP contribution is -2.33. The molecule has 0 aromatic carbocycles. The minimum Gasteiger partial charge on any atom is -0.466 e. The molecule has 2 heterocycles. The van der Waals surface area contributed by atoms with Gasteiger partial charge in [0.25, 0.3) is 0 Å². The number of nitrogens with one attached hydrogen (secondary N) is 1. The molecule has 140 valence electrons. The van der Waals surface area contributed by atoms with Gasteiger partial charge in [-0.25, -0.2) is 4.99 Å². The number of aliphatic hydroxyl groups is 1. The van der Waals surface area contributed by atoms with E-state index in [0.717, 1.165) is 11.4 Å². The van der Waals surface area contributed by atoms with Crippen molar-refractivity contribution in [1.82, 2.24) is 5.32 Å². The normalized spacial score (nSPS) is 24.7. The Morgan fingerprint density at radius 3 is 2.38 bits per heavy atom. The third-order valence-electron chi connectivity index (χ3n) is 4.08. The van der Waals surface area contributed by atoms with E-state index < -0.39 is 16.8 Å². The van der Waals surface area contributed by atoms with Crippen molar-refractivity contribution < 1.29 is 14.6 Å². The van der Waals surface area contributed by atoms with Gasteiger partial charge in [0.15, 0.2) is 5.88 Å². The van der Waals surface area contributed by atoms with E-state index in [2.05, 4.69) is 15.3 Å². The summed E-state index contributed by atoms with van der Waals surface area (Å²) < 4.78 is 11.8. The fourth-order valence-electron chi connectivity index (χ4n) is 2.59. The van der Waals surface area contributed by atoms with Gasteiger partial charge < -0.3 is 19.9 Å². The lowest BCUT2D eigenvalue weighted by atomic mass is 10.0. The van der Waals surface area contributed by atoms with Crippen LogP contribution in [0.4, 0.5) is 0 Å². The van der Waals surface area contributed by atoms with Crippen LogP contribution in [0.15, 0.2) is 45.5 Å². The summed E-state index contributed by atoms with van der Waals surface area (Å²) in [6, 6.07) is 1.90. The molecule has 2 N–H and O–H groups in total. The molecular weight excluding hydrogens is 332 g/mol. The highest BCUT2D eigenvalue weighted by atomic mass is 16.5. The standard InChI is InChI=1S/C19H26N4O3/c1-17(2,24)12(8-9-20)22-16-11-14(19(5,6)26-16)23-15-10-13(21-7)18(3,4)25-15/h8,10-11,23-24H,1-7H3/b12-8-,21-13?,22-16?. The quantitative estimate of drug-likeness (QED) is 0.753. The number of ether oxygens (including phenoxy) is 2. The van der Waals surface area contributed by atoms with E-state index in [0.29, 0.717) is 11.8 Å². The zero-order valence-corrected chi connectivity index (χ0v) is 16.3. The molecule has 0 radical (unpaired) electrons. The third kappa shape index (κ3) is 4.14. The van der Waals surface area contributed by atoms with Crippen LogP contribution >= 0.6 is 0 Å². The summed E-state index contributed by atoms with van der Waals surface area (Å²) in [4.78, 5) is 8.54. The monoisotopic (exact) mass is 358 g/mol. The highest BCUT2D eigenvalue weighted by Crippen LogP contribution is 2.31. The number of nitrogens with zero attached hydrogens (tertiary/aromatic N) is 3. The molecular formula is C19H26N4O3. The van der Waals surface area contributed by atoms with Gasteiger partial charge in [0.2, 0.25) is 5.90 Å². The number of aliphatic imine (C=N–C) groups is 2. The van der Waals surface area contributed by atoms with Gasteiger partial charge >= 0.3 is 0 Å². The van der Waals surface area contributed by atoms with Gasteiger partial charge in [-0.2, -0.15) is 5.26 Å². The van der Waals surface area contributed by atoms with Crippen LogP contribution < -0.4 is 5.32 Å². The van der Waals surface area contributed by atoms with Crippen molar-refractivity contribution in [3.63, 3.8) is 0 Å². The molecule has 2 rings (SSSR count). The van der Waals surface area contributed by atoms with Gasteiger partial charge in [-0.05, 0) is 41.5 Å². The van der Waals surface area contributed by atoms with Crippen molar-refractivity contribution in [3.8, 4) is 6.07 Å². The van der Waals surface area contributed by atoms with E-state index in [-0.39, 0.29) is 5.70 Å². The fourth-order valence-corrected chi connectivity index (χ4v) is 2.59. The van der Waals surface area contributed by atoms with Gasteiger partial charge in [0, 0.05) is 25.3 Å². The molecule has 0 aromatic heterocycles. The highest BCUT2D eigenvalue weighted by Gasteiger charge is 2.38. The van der Waals surface area contributed by atoms with Crippen molar-refractivity contribution in [2.45, 2.75) is 58.3 Å². The molecule has 0 unspecified atom stereocenters. The van der Waals surface area contributed by atoms with Crippen LogP contribution in [-0.4, -0.2) is 40.6 Å². The van der Waals surface area contributed by atoms with Crippen LogP contribution in [0.3, 0.4) is 0 Å². The summed E-state index contributed by atoms with van der Waals surface area (Å²) in [6.45, 7) is 10.8. The summed E-state index contributed by atoms with van der Waals surface area (Å²) in [5, 5.41) is 22.3. The second-order valence-electron chi connectivity index (χ2n) is 7.69. The van der Waals surface area contributed by atoms with Gasteiger partial charge in [0.05, 0.1) is 23.2 Å². The van der Waals surface area contributed by atoms with E-state index in [4.69, 9.17) is 14.7 Å². The lowest BCUT2D eigenvalue weighted by molar-refractivity contribution is 0.0889. The van der Waals surface area contributed by atoms with Crippen LogP contribution in [0.25, 0.3) is 0 Å². The molecule has 2 aliphatic heterocycles.